The van der Waals surface area contributed by atoms with Gasteiger partial charge in [0.25, 0.3) is 0 Å². The van der Waals surface area contributed by atoms with Crippen LogP contribution in [0.1, 0.15) is 24.8 Å². The summed E-state index contributed by atoms with van der Waals surface area (Å²) in [4.78, 5) is 5.56. The molecule has 0 spiro atoms. The summed E-state index contributed by atoms with van der Waals surface area (Å²) in [7, 11) is 1.65. The number of halogens is 1. The number of hydrogen-bond acceptors (Lipinski definition) is 4. The zero-order valence-corrected chi connectivity index (χ0v) is 12.3. The second kappa shape index (κ2) is 7.58. The van der Waals surface area contributed by atoms with Gasteiger partial charge in [-0.1, -0.05) is 11.6 Å². The lowest BCUT2D eigenvalue weighted by molar-refractivity contribution is 0.179. The number of hydrogen-bond donors (Lipinski definition) is 3. The van der Waals surface area contributed by atoms with Gasteiger partial charge >= 0.3 is 0 Å². The molecule has 1 aromatic rings. The minimum atomic E-state index is -0.00389. The van der Waals surface area contributed by atoms with Gasteiger partial charge in [0.1, 0.15) is 0 Å². The summed E-state index contributed by atoms with van der Waals surface area (Å²) in [6, 6.07) is 3.96. The highest BCUT2D eigenvalue weighted by molar-refractivity contribution is 7.16. The Morgan fingerprint density at radius 3 is 2.78 bits per heavy atom. The number of hydrazine groups is 1. The molecule has 0 radical (unpaired) electrons. The van der Waals surface area contributed by atoms with Gasteiger partial charge < -0.3 is 10.1 Å². The minimum Gasteiger partial charge on any atom is -0.383 e. The van der Waals surface area contributed by atoms with Crippen molar-refractivity contribution in [3.63, 3.8) is 0 Å². The van der Waals surface area contributed by atoms with Crippen LogP contribution in [0.15, 0.2) is 17.1 Å². The van der Waals surface area contributed by atoms with E-state index in [0.29, 0.717) is 12.6 Å². The van der Waals surface area contributed by atoms with E-state index in [1.807, 2.05) is 26.0 Å². The molecule has 1 heterocycles. The summed E-state index contributed by atoms with van der Waals surface area (Å²) in [6.45, 7) is 4.56. The van der Waals surface area contributed by atoms with Gasteiger partial charge in [0, 0.05) is 18.0 Å². The van der Waals surface area contributed by atoms with Crippen LogP contribution in [-0.2, 0) is 4.74 Å². The molecule has 0 aliphatic carbocycles. The molecule has 102 valence electrons. The van der Waals surface area contributed by atoms with Crippen LogP contribution in [-0.4, -0.2) is 25.7 Å². The van der Waals surface area contributed by atoms with Crippen LogP contribution in [0, 0.1) is 0 Å². The van der Waals surface area contributed by atoms with Gasteiger partial charge in [-0.25, -0.2) is 10.8 Å². The largest absolute Gasteiger partial charge is 0.383 e. The Labute approximate surface area is 116 Å². The lowest BCUT2D eigenvalue weighted by Gasteiger charge is -2.16. The lowest BCUT2D eigenvalue weighted by atomic mass is 10.3. The molecule has 18 heavy (non-hydrogen) atoms. The van der Waals surface area contributed by atoms with E-state index in [2.05, 4.69) is 15.7 Å². The third-order valence-corrected chi connectivity index (χ3v) is 3.67. The van der Waals surface area contributed by atoms with E-state index >= 15 is 0 Å². The van der Waals surface area contributed by atoms with Crippen molar-refractivity contribution in [3.05, 3.63) is 21.3 Å². The summed E-state index contributed by atoms with van der Waals surface area (Å²) in [6.07, 6.45) is 0. The van der Waals surface area contributed by atoms with Crippen LogP contribution >= 0.6 is 22.9 Å². The maximum Gasteiger partial charge on any atom is 0.206 e. The van der Waals surface area contributed by atoms with Gasteiger partial charge in [-0.15, -0.1) is 11.3 Å². The Balaban J connectivity index is 2.66. The van der Waals surface area contributed by atoms with Gasteiger partial charge in [0.05, 0.1) is 17.0 Å². The van der Waals surface area contributed by atoms with Gasteiger partial charge in [-0.2, -0.15) is 0 Å². The van der Waals surface area contributed by atoms with Crippen molar-refractivity contribution >= 4 is 28.9 Å². The first-order chi connectivity index (χ1) is 8.56. The van der Waals surface area contributed by atoms with Crippen LogP contribution in [0.4, 0.5) is 0 Å². The molecule has 0 saturated carbocycles. The molecule has 0 saturated heterocycles. The molecule has 1 aromatic heterocycles. The number of aliphatic imine (C=N–C) groups is 1. The average molecular weight is 291 g/mol. The van der Waals surface area contributed by atoms with Crippen molar-refractivity contribution in [3.8, 4) is 0 Å². The predicted octanol–water partition coefficient (Wildman–Crippen LogP) is 1.91. The third-order valence-electron chi connectivity index (χ3n) is 2.26. The second-order valence-corrected chi connectivity index (χ2v) is 5.69. The van der Waals surface area contributed by atoms with Gasteiger partial charge in [0.2, 0.25) is 5.96 Å². The number of guanidine groups is 1. The number of nitrogens with two attached hydrogens (primary N) is 1. The second-order valence-electron chi connectivity index (χ2n) is 3.94. The zero-order chi connectivity index (χ0) is 13.5. The van der Waals surface area contributed by atoms with E-state index in [9.17, 15) is 0 Å². The van der Waals surface area contributed by atoms with Crippen molar-refractivity contribution in [1.29, 1.82) is 0 Å². The zero-order valence-electron chi connectivity index (χ0n) is 10.7. The normalized spacial score (nSPS) is 15.3. The van der Waals surface area contributed by atoms with Crippen LogP contribution in [0.2, 0.25) is 4.34 Å². The molecule has 2 unspecified atom stereocenters. The minimum absolute atomic E-state index is 0.00389. The first-order valence-electron chi connectivity index (χ1n) is 5.62. The Bertz CT molecular complexity index is 396. The van der Waals surface area contributed by atoms with Crippen molar-refractivity contribution < 1.29 is 4.74 Å². The molecule has 2 atom stereocenters. The van der Waals surface area contributed by atoms with E-state index in [1.165, 1.54) is 11.3 Å². The van der Waals surface area contributed by atoms with Crippen LogP contribution < -0.4 is 16.6 Å². The smallest absolute Gasteiger partial charge is 0.206 e. The molecule has 0 amide bonds. The topological polar surface area (TPSA) is 71.7 Å². The summed E-state index contributed by atoms with van der Waals surface area (Å²) >= 11 is 7.41. The fraction of sp³-hybridized carbons (Fsp3) is 0.545. The Kier molecular flexibility index (Phi) is 6.42. The van der Waals surface area contributed by atoms with Crippen molar-refractivity contribution in [2.45, 2.75) is 25.9 Å². The van der Waals surface area contributed by atoms with Crippen molar-refractivity contribution in [1.82, 2.24) is 10.7 Å². The molecular formula is C11H19ClN4OS. The summed E-state index contributed by atoms with van der Waals surface area (Å²) in [5, 5.41) is 3.14. The first-order valence-corrected chi connectivity index (χ1v) is 6.81. The summed E-state index contributed by atoms with van der Waals surface area (Å²) < 4.78 is 5.80. The van der Waals surface area contributed by atoms with E-state index in [1.54, 1.807) is 7.11 Å². The number of rotatable bonds is 5. The van der Waals surface area contributed by atoms with Crippen LogP contribution in [0.25, 0.3) is 0 Å². The Morgan fingerprint density at radius 1 is 1.56 bits per heavy atom. The van der Waals surface area contributed by atoms with E-state index in [0.717, 1.165) is 9.21 Å². The summed E-state index contributed by atoms with van der Waals surface area (Å²) in [5.41, 5.74) is 2.55. The third kappa shape index (κ3) is 4.81. The van der Waals surface area contributed by atoms with Gasteiger partial charge in [-0.05, 0) is 26.0 Å². The molecular weight excluding hydrogens is 272 g/mol. The first kappa shape index (κ1) is 15.2. The van der Waals surface area contributed by atoms with Crippen LogP contribution in [0.5, 0.6) is 0 Å². The number of thiophene rings is 1. The number of ether oxygens (including phenoxy) is 1. The molecule has 0 bridgehead atoms. The highest BCUT2D eigenvalue weighted by atomic mass is 35.5. The van der Waals surface area contributed by atoms with Crippen LogP contribution in [0.3, 0.4) is 0 Å². The number of methoxy groups -OCH3 is 1. The molecule has 0 aromatic carbocycles. The van der Waals surface area contributed by atoms with Gasteiger partial charge in [0.15, 0.2) is 0 Å². The number of nitrogens with one attached hydrogen (secondary N) is 2. The SMILES string of the molecule is COCC(C)NC(=NC(C)c1ccc(Cl)s1)NN. The van der Waals surface area contributed by atoms with E-state index < -0.39 is 0 Å². The highest BCUT2D eigenvalue weighted by Crippen LogP contribution is 2.28. The number of nitrogens with zero attached hydrogens (tertiary/aromatic N) is 1. The fourth-order valence-corrected chi connectivity index (χ4v) is 2.50. The molecule has 0 fully saturated rings. The lowest BCUT2D eigenvalue weighted by Crippen LogP contribution is -2.47. The molecule has 4 N–H and O–H groups in total. The summed E-state index contributed by atoms with van der Waals surface area (Å²) in [5.74, 6) is 5.98. The van der Waals surface area contributed by atoms with E-state index in [-0.39, 0.29) is 12.1 Å². The predicted molar refractivity (Wildman–Crippen MR) is 77.0 cm³/mol. The highest BCUT2D eigenvalue weighted by Gasteiger charge is 2.10. The maximum atomic E-state index is 5.90. The fourth-order valence-electron chi connectivity index (χ4n) is 1.45. The Hall–Kier alpha value is -0.820. The molecule has 1 rings (SSSR count). The monoisotopic (exact) mass is 290 g/mol. The maximum absolute atomic E-state index is 5.90. The van der Waals surface area contributed by atoms with E-state index in [4.69, 9.17) is 22.2 Å². The molecule has 7 heteroatoms. The molecule has 0 aliphatic rings. The standard InChI is InChI=1S/C11H19ClN4OS/c1-7(6-17-3)14-11(16-13)15-8(2)9-4-5-10(12)18-9/h4-5,7-8H,6,13H2,1-3H3,(H2,14,15,16). The molecule has 0 aliphatic heterocycles. The van der Waals surface area contributed by atoms with Gasteiger partial charge in [-0.3, -0.25) is 5.43 Å². The van der Waals surface area contributed by atoms with Crippen molar-refractivity contribution in [2.75, 3.05) is 13.7 Å². The van der Waals surface area contributed by atoms with Crippen molar-refractivity contribution in [2.24, 2.45) is 10.8 Å². The average Bonchev–Trinajstić information content (AvgIpc) is 2.75. The molecule has 5 nitrogen and oxygen atoms in total. The Morgan fingerprint density at radius 2 is 2.28 bits per heavy atom. The quantitative estimate of drug-likeness (QED) is 0.335.